The first-order valence-corrected chi connectivity index (χ1v) is 10.4. The van der Waals surface area contributed by atoms with E-state index in [0.717, 1.165) is 22.3 Å². The number of nitro benzene ring substituents is 1. The Morgan fingerprint density at radius 3 is 2.36 bits per heavy atom. The summed E-state index contributed by atoms with van der Waals surface area (Å²) in [6.45, 7) is 0.493. The Morgan fingerprint density at radius 2 is 1.73 bits per heavy atom. The Balaban J connectivity index is 1.30. The molecule has 0 atom stereocenters. The van der Waals surface area contributed by atoms with Crippen molar-refractivity contribution in [1.82, 2.24) is 5.32 Å². The molecular weight excluding hydrogens is 420 g/mol. The second-order valence-electron chi connectivity index (χ2n) is 7.49. The van der Waals surface area contributed by atoms with Gasteiger partial charge in [-0.1, -0.05) is 60.4 Å². The minimum Gasteiger partial charge on any atom is -0.449 e. The fraction of sp³-hybridized carbons (Fsp3) is 0.154. The first-order chi connectivity index (χ1) is 16.1. The monoisotopic (exact) mass is 440 g/mol. The summed E-state index contributed by atoms with van der Waals surface area (Å²) in [7, 11) is 0. The summed E-state index contributed by atoms with van der Waals surface area (Å²) in [4.78, 5) is 33.5. The molecule has 1 amide bonds. The highest BCUT2D eigenvalue weighted by Gasteiger charge is 2.28. The summed E-state index contributed by atoms with van der Waals surface area (Å²) in [5.41, 5.74) is 4.97. The Hall–Kier alpha value is -4.44. The Labute approximate surface area is 190 Å². The topological polar surface area (TPSA) is 98.5 Å². The van der Waals surface area contributed by atoms with Gasteiger partial charge in [0.05, 0.1) is 4.92 Å². The van der Waals surface area contributed by atoms with E-state index in [1.165, 1.54) is 18.2 Å². The second kappa shape index (κ2) is 9.79. The van der Waals surface area contributed by atoms with E-state index < -0.39 is 11.0 Å². The Kier molecular flexibility index (Phi) is 6.46. The zero-order chi connectivity index (χ0) is 23.2. The molecule has 7 heteroatoms. The van der Waals surface area contributed by atoms with E-state index in [9.17, 15) is 19.7 Å². The third kappa shape index (κ3) is 4.91. The molecule has 33 heavy (non-hydrogen) atoms. The molecule has 3 aromatic carbocycles. The average molecular weight is 440 g/mol. The number of nitrogens with one attached hydrogen (secondary N) is 1. The van der Waals surface area contributed by atoms with Crippen LogP contribution in [0.5, 0.6) is 0 Å². The number of amides is 1. The molecule has 0 fully saturated rings. The van der Waals surface area contributed by atoms with Crippen molar-refractivity contribution in [2.45, 2.75) is 12.3 Å². The number of fused-ring (bicyclic) bond motifs is 3. The third-order valence-electron chi connectivity index (χ3n) is 5.38. The number of carbonyl (C=O) groups excluding carboxylic acids is 2. The van der Waals surface area contributed by atoms with E-state index in [2.05, 4.69) is 41.4 Å². The summed E-state index contributed by atoms with van der Waals surface area (Å²) < 4.78 is 5.46. The van der Waals surface area contributed by atoms with Gasteiger partial charge in [-0.15, -0.1) is 0 Å². The number of hydrogen-bond acceptors (Lipinski definition) is 5. The summed E-state index contributed by atoms with van der Waals surface area (Å²) in [5.74, 6) is 5.61. The molecule has 1 aliphatic rings. The van der Waals surface area contributed by atoms with Crippen molar-refractivity contribution in [3.63, 3.8) is 0 Å². The van der Waals surface area contributed by atoms with Crippen molar-refractivity contribution in [3.8, 4) is 23.0 Å². The first kappa shape index (κ1) is 21.8. The maximum atomic E-state index is 12.2. The number of alkyl carbamates (subject to hydrolysis) is 1. The summed E-state index contributed by atoms with van der Waals surface area (Å²) >= 11 is 0. The van der Waals surface area contributed by atoms with Gasteiger partial charge in [0, 0.05) is 42.1 Å². The molecule has 3 aromatic rings. The van der Waals surface area contributed by atoms with Crippen LogP contribution in [0.25, 0.3) is 11.1 Å². The third-order valence-corrected chi connectivity index (χ3v) is 5.38. The molecule has 164 valence electrons. The van der Waals surface area contributed by atoms with Gasteiger partial charge in [-0.25, -0.2) is 4.79 Å². The van der Waals surface area contributed by atoms with Gasteiger partial charge in [-0.05, 0) is 28.3 Å². The number of hydrogen-bond donors (Lipinski definition) is 1. The van der Waals surface area contributed by atoms with E-state index in [4.69, 9.17) is 4.74 Å². The van der Waals surface area contributed by atoms with Crippen LogP contribution in [0.15, 0.2) is 66.7 Å². The number of benzene rings is 3. The largest absolute Gasteiger partial charge is 0.449 e. The van der Waals surface area contributed by atoms with E-state index in [0.29, 0.717) is 18.3 Å². The van der Waals surface area contributed by atoms with E-state index in [1.807, 2.05) is 24.3 Å². The molecule has 0 aromatic heterocycles. The smallest absolute Gasteiger partial charge is 0.407 e. The van der Waals surface area contributed by atoms with Gasteiger partial charge in [0.1, 0.15) is 12.9 Å². The van der Waals surface area contributed by atoms with Crippen LogP contribution >= 0.6 is 0 Å². The number of ether oxygens (including phenoxy) is 1. The van der Waals surface area contributed by atoms with Crippen LogP contribution in [-0.2, 0) is 4.74 Å². The van der Waals surface area contributed by atoms with E-state index >= 15 is 0 Å². The highest BCUT2D eigenvalue weighted by Crippen LogP contribution is 2.44. The molecule has 0 saturated heterocycles. The van der Waals surface area contributed by atoms with Crippen LogP contribution in [-0.4, -0.2) is 30.5 Å². The Morgan fingerprint density at radius 1 is 1.06 bits per heavy atom. The van der Waals surface area contributed by atoms with Gasteiger partial charge >= 0.3 is 6.09 Å². The fourth-order valence-electron chi connectivity index (χ4n) is 3.92. The van der Waals surface area contributed by atoms with Crippen molar-refractivity contribution in [3.05, 3.63) is 99.1 Å². The molecule has 0 heterocycles. The minimum absolute atomic E-state index is 0.0103. The van der Waals surface area contributed by atoms with Crippen LogP contribution in [0.2, 0.25) is 0 Å². The number of nitro groups is 1. The molecule has 7 nitrogen and oxygen atoms in total. The number of carbonyl (C=O) groups is 2. The molecule has 0 radical (unpaired) electrons. The molecule has 0 saturated carbocycles. The molecule has 0 bridgehead atoms. The lowest BCUT2D eigenvalue weighted by atomic mass is 9.98. The highest BCUT2D eigenvalue weighted by molar-refractivity contribution is 5.79. The van der Waals surface area contributed by atoms with Crippen molar-refractivity contribution in [2.24, 2.45) is 0 Å². The summed E-state index contributed by atoms with van der Waals surface area (Å²) in [5, 5.41) is 13.6. The van der Waals surface area contributed by atoms with Crippen LogP contribution in [0.3, 0.4) is 0 Å². The number of nitrogens with zero attached hydrogens (tertiary/aromatic N) is 1. The first-order valence-electron chi connectivity index (χ1n) is 10.4. The minimum atomic E-state index is -0.573. The molecule has 1 N–H and O–H groups in total. The lowest BCUT2D eigenvalue weighted by molar-refractivity contribution is -0.384. The molecular formula is C26H20N2O5. The van der Waals surface area contributed by atoms with Gasteiger partial charge in [0.25, 0.3) is 5.69 Å². The van der Waals surface area contributed by atoms with E-state index in [-0.39, 0.29) is 30.3 Å². The normalized spacial score (nSPS) is 11.5. The van der Waals surface area contributed by atoms with Crippen LogP contribution in [0.4, 0.5) is 10.5 Å². The zero-order valence-corrected chi connectivity index (χ0v) is 17.6. The standard InChI is InChI=1S/C26H20N2O5/c29-16-19-13-18(14-20(15-19)28(31)32)7-5-6-12-27-26(30)33-17-25-23-10-3-1-8-21(23)22-9-2-4-11-24(22)25/h1-4,8-11,13-16,25H,6,12,17H2,(H,27,30). The molecule has 1 aliphatic carbocycles. The van der Waals surface area contributed by atoms with Gasteiger partial charge in [0.2, 0.25) is 0 Å². The summed E-state index contributed by atoms with van der Waals surface area (Å²) in [6.07, 6.45) is 0.331. The Bertz CT molecular complexity index is 1240. The number of aldehydes is 1. The molecule has 0 aliphatic heterocycles. The molecule has 4 rings (SSSR count). The van der Waals surface area contributed by atoms with Crippen LogP contribution in [0.1, 0.15) is 39.4 Å². The lowest BCUT2D eigenvalue weighted by Gasteiger charge is -2.14. The van der Waals surface area contributed by atoms with Gasteiger partial charge in [0.15, 0.2) is 0 Å². The molecule has 0 spiro atoms. The predicted molar refractivity (Wildman–Crippen MR) is 123 cm³/mol. The van der Waals surface area contributed by atoms with Crippen LogP contribution in [0, 0.1) is 22.0 Å². The van der Waals surface area contributed by atoms with Crippen molar-refractivity contribution in [1.29, 1.82) is 0 Å². The van der Waals surface area contributed by atoms with Crippen molar-refractivity contribution >= 4 is 18.1 Å². The van der Waals surface area contributed by atoms with Gasteiger partial charge in [-0.3, -0.25) is 14.9 Å². The predicted octanol–water partition coefficient (Wildman–Crippen LogP) is 4.69. The summed E-state index contributed by atoms with van der Waals surface area (Å²) in [6, 6.07) is 20.2. The quantitative estimate of drug-likeness (QED) is 0.197. The maximum Gasteiger partial charge on any atom is 0.407 e. The maximum absolute atomic E-state index is 12.2. The highest BCUT2D eigenvalue weighted by atomic mass is 16.6. The van der Waals surface area contributed by atoms with Crippen molar-refractivity contribution in [2.75, 3.05) is 13.2 Å². The SMILES string of the molecule is O=Cc1cc(C#CCCNC(=O)OCC2c3ccccc3-c3ccccc32)cc([N+](=O)[O-])c1. The molecule has 0 unspecified atom stereocenters. The van der Waals surface area contributed by atoms with Gasteiger partial charge < -0.3 is 10.1 Å². The number of non-ortho nitro benzene ring substituents is 1. The van der Waals surface area contributed by atoms with Crippen molar-refractivity contribution < 1.29 is 19.2 Å². The zero-order valence-electron chi connectivity index (χ0n) is 17.6. The van der Waals surface area contributed by atoms with Crippen LogP contribution < -0.4 is 5.32 Å². The fourth-order valence-corrected chi connectivity index (χ4v) is 3.92. The van der Waals surface area contributed by atoms with E-state index in [1.54, 1.807) is 0 Å². The average Bonchev–Trinajstić information content (AvgIpc) is 3.16. The van der Waals surface area contributed by atoms with Gasteiger partial charge in [-0.2, -0.15) is 0 Å². The second-order valence-corrected chi connectivity index (χ2v) is 7.49. The lowest BCUT2D eigenvalue weighted by Crippen LogP contribution is -2.26. The number of rotatable bonds is 6.